The van der Waals surface area contributed by atoms with Gasteiger partial charge in [-0.2, -0.15) is 0 Å². The van der Waals surface area contributed by atoms with Crippen LogP contribution in [0.4, 0.5) is 13.2 Å². The molecule has 0 aliphatic carbocycles. The lowest BCUT2D eigenvalue weighted by molar-refractivity contribution is -0.134. The highest BCUT2D eigenvalue weighted by Crippen LogP contribution is 2.26. The van der Waals surface area contributed by atoms with E-state index in [9.17, 15) is 18.0 Å². The minimum atomic E-state index is -3.18. The standard InChI is InChI=1S/C7H11F3N2O2/c1-7(10,3-12-14)4(5(8)9)6(13)11-2/h3-5,14H,1-2H3,(H,11,13)/b12-3-. The molecule has 0 rings (SSSR count). The number of amides is 1. The van der Waals surface area contributed by atoms with Crippen LogP contribution in [-0.2, 0) is 4.79 Å². The summed E-state index contributed by atoms with van der Waals surface area (Å²) in [5.41, 5.74) is -2.69. The molecule has 82 valence electrons. The Morgan fingerprint density at radius 2 is 2.14 bits per heavy atom. The topological polar surface area (TPSA) is 61.7 Å². The number of halogens is 3. The van der Waals surface area contributed by atoms with Crippen molar-refractivity contribution in [2.75, 3.05) is 7.05 Å². The van der Waals surface area contributed by atoms with Gasteiger partial charge in [0.25, 0.3) is 6.43 Å². The Kier molecular flexibility index (Phi) is 4.39. The molecule has 0 saturated carbocycles. The van der Waals surface area contributed by atoms with Gasteiger partial charge in [-0.25, -0.2) is 13.2 Å². The molecule has 0 aromatic rings. The highest BCUT2D eigenvalue weighted by Gasteiger charge is 2.44. The number of hydrogen-bond acceptors (Lipinski definition) is 3. The Bertz CT molecular complexity index is 231. The average Bonchev–Trinajstić information content (AvgIpc) is 2.02. The molecule has 0 aliphatic rings. The number of hydrogen-bond donors (Lipinski definition) is 2. The number of rotatable bonds is 4. The van der Waals surface area contributed by atoms with Crippen molar-refractivity contribution in [3.05, 3.63) is 0 Å². The molecule has 14 heavy (non-hydrogen) atoms. The first-order chi connectivity index (χ1) is 6.36. The molecule has 2 atom stereocenters. The summed E-state index contributed by atoms with van der Waals surface area (Å²) in [7, 11) is 1.11. The lowest BCUT2D eigenvalue weighted by atomic mass is 9.91. The van der Waals surface area contributed by atoms with E-state index in [4.69, 9.17) is 5.21 Å². The molecular formula is C7H11F3N2O2. The fourth-order valence-electron chi connectivity index (χ4n) is 0.966. The molecule has 0 saturated heterocycles. The molecule has 0 spiro atoms. The summed E-state index contributed by atoms with van der Waals surface area (Å²) in [6.07, 6.45) is -2.91. The first kappa shape index (κ1) is 12.7. The minimum absolute atomic E-state index is 0.263. The van der Waals surface area contributed by atoms with Gasteiger partial charge in [-0.3, -0.25) is 4.79 Å². The zero-order valence-corrected chi connectivity index (χ0v) is 7.67. The quantitative estimate of drug-likeness (QED) is 0.411. The van der Waals surface area contributed by atoms with Crippen LogP contribution >= 0.6 is 0 Å². The number of carbonyl (C=O) groups is 1. The number of oxime groups is 1. The molecule has 0 aromatic heterocycles. The van der Waals surface area contributed by atoms with Crippen LogP contribution < -0.4 is 5.32 Å². The minimum Gasteiger partial charge on any atom is -0.411 e. The highest BCUT2D eigenvalue weighted by atomic mass is 19.3. The van der Waals surface area contributed by atoms with Crippen molar-refractivity contribution >= 4 is 12.1 Å². The van der Waals surface area contributed by atoms with Gasteiger partial charge in [-0.05, 0) is 6.92 Å². The van der Waals surface area contributed by atoms with Crippen molar-refractivity contribution in [3.63, 3.8) is 0 Å². The monoisotopic (exact) mass is 212 g/mol. The van der Waals surface area contributed by atoms with Crippen LogP contribution in [0.15, 0.2) is 5.16 Å². The Labute approximate surface area is 78.8 Å². The van der Waals surface area contributed by atoms with Crippen molar-refractivity contribution in [3.8, 4) is 0 Å². The summed E-state index contributed by atoms with van der Waals surface area (Å²) in [6, 6.07) is 0. The summed E-state index contributed by atoms with van der Waals surface area (Å²) in [6.45, 7) is 0.735. The van der Waals surface area contributed by atoms with Gasteiger partial charge in [0.2, 0.25) is 5.91 Å². The second kappa shape index (κ2) is 4.83. The van der Waals surface area contributed by atoms with E-state index in [1.165, 1.54) is 0 Å². The van der Waals surface area contributed by atoms with Crippen LogP contribution in [0.3, 0.4) is 0 Å². The van der Waals surface area contributed by atoms with Gasteiger partial charge < -0.3 is 10.5 Å². The first-order valence-corrected chi connectivity index (χ1v) is 3.74. The van der Waals surface area contributed by atoms with E-state index >= 15 is 0 Å². The van der Waals surface area contributed by atoms with Crippen molar-refractivity contribution in [1.82, 2.24) is 5.32 Å². The molecule has 2 N–H and O–H groups in total. The Hall–Kier alpha value is -1.27. The third kappa shape index (κ3) is 2.90. The second-order valence-electron chi connectivity index (χ2n) is 2.82. The van der Waals surface area contributed by atoms with E-state index in [1.807, 2.05) is 5.32 Å². The van der Waals surface area contributed by atoms with E-state index in [-0.39, 0.29) is 6.21 Å². The van der Waals surface area contributed by atoms with Crippen LogP contribution in [0.25, 0.3) is 0 Å². The van der Waals surface area contributed by atoms with Crippen molar-refractivity contribution in [2.24, 2.45) is 11.1 Å². The van der Waals surface area contributed by atoms with E-state index in [2.05, 4.69) is 5.16 Å². The zero-order chi connectivity index (χ0) is 11.4. The van der Waals surface area contributed by atoms with Gasteiger partial charge in [0.1, 0.15) is 5.92 Å². The van der Waals surface area contributed by atoms with Crippen LogP contribution in [0.2, 0.25) is 0 Å². The van der Waals surface area contributed by atoms with Crippen LogP contribution in [0.1, 0.15) is 6.92 Å². The molecule has 1 amide bonds. The number of carbonyl (C=O) groups excluding carboxylic acids is 1. The molecule has 0 heterocycles. The summed E-state index contributed by atoms with van der Waals surface area (Å²) in [5.74, 6) is -3.34. The molecule has 0 bridgehead atoms. The summed E-state index contributed by atoms with van der Waals surface area (Å²) in [4.78, 5) is 10.9. The van der Waals surface area contributed by atoms with Crippen LogP contribution in [0, 0.1) is 5.92 Å². The number of nitrogens with zero attached hydrogens (tertiary/aromatic N) is 1. The predicted octanol–water partition coefficient (Wildman–Crippen LogP) is 0.802. The second-order valence-corrected chi connectivity index (χ2v) is 2.82. The normalized spacial score (nSPS) is 18.1. The third-order valence-corrected chi connectivity index (χ3v) is 1.70. The molecule has 0 radical (unpaired) electrons. The highest BCUT2D eigenvalue weighted by molar-refractivity contribution is 5.85. The fourth-order valence-corrected chi connectivity index (χ4v) is 0.966. The molecule has 4 nitrogen and oxygen atoms in total. The van der Waals surface area contributed by atoms with Gasteiger partial charge in [0, 0.05) is 7.05 Å². The fraction of sp³-hybridized carbons (Fsp3) is 0.714. The van der Waals surface area contributed by atoms with Gasteiger partial charge in [0.15, 0.2) is 5.67 Å². The molecule has 0 fully saturated rings. The number of nitrogens with one attached hydrogen (secondary N) is 1. The first-order valence-electron chi connectivity index (χ1n) is 3.74. The maximum absolute atomic E-state index is 13.4. The summed E-state index contributed by atoms with van der Waals surface area (Å²) < 4.78 is 38.0. The zero-order valence-electron chi connectivity index (χ0n) is 7.67. The van der Waals surface area contributed by atoms with Gasteiger partial charge in [-0.15, -0.1) is 0 Å². The molecule has 2 unspecified atom stereocenters. The SMILES string of the molecule is CNC(=O)C(C(F)F)C(C)(F)/C=N\O. The van der Waals surface area contributed by atoms with E-state index in [1.54, 1.807) is 0 Å². The smallest absolute Gasteiger partial charge is 0.253 e. The van der Waals surface area contributed by atoms with Crippen molar-refractivity contribution < 1.29 is 23.2 Å². The maximum Gasteiger partial charge on any atom is 0.253 e. The third-order valence-electron chi connectivity index (χ3n) is 1.70. The van der Waals surface area contributed by atoms with Crippen LogP contribution in [0.5, 0.6) is 0 Å². The largest absolute Gasteiger partial charge is 0.411 e. The van der Waals surface area contributed by atoms with E-state index < -0.39 is 23.9 Å². The summed E-state index contributed by atoms with van der Waals surface area (Å²) in [5, 5.41) is 12.3. The lowest BCUT2D eigenvalue weighted by Gasteiger charge is -2.24. The Balaban J connectivity index is 4.90. The van der Waals surface area contributed by atoms with Gasteiger partial charge in [-0.1, -0.05) is 5.16 Å². The van der Waals surface area contributed by atoms with Crippen molar-refractivity contribution in [2.45, 2.75) is 19.0 Å². The van der Waals surface area contributed by atoms with Gasteiger partial charge in [0.05, 0.1) is 6.21 Å². The molecule has 7 heteroatoms. The Morgan fingerprint density at radius 1 is 1.64 bits per heavy atom. The summed E-state index contributed by atoms with van der Waals surface area (Å²) >= 11 is 0. The van der Waals surface area contributed by atoms with Crippen molar-refractivity contribution in [1.29, 1.82) is 0 Å². The maximum atomic E-state index is 13.4. The molecule has 0 aliphatic heterocycles. The molecular weight excluding hydrogens is 201 g/mol. The number of alkyl halides is 3. The lowest BCUT2D eigenvalue weighted by Crippen LogP contribution is -2.46. The predicted molar refractivity (Wildman–Crippen MR) is 43.4 cm³/mol. The van der Waals surface area contributed by atoms with Crippen LogP contribution in [-0.4, -0.2) is 36.5 Å². The van der Waals surface area contributed by atoms with Gasteiger partial charge >= 0.3 is 0 Å². The Morgan fingerprint density at radius 3 is 2.43 bits per heavy atom. The average molecular weight is 212 g/mol. The van der Waals surface area contributed by atoms with E-state index in [0.717, 1.165) is 14.0 Å². The molecule has 0 aromatic carbocycles. The van der Waals surface area contributed by atoms with E-state index in [0.29, 0.717) is 0 Å².